The van der Waals surface area contributed by atoms with Gasteiger partial charge < -0.3 is 26.2 Å². The number of aliphatic hydroxyl groups is 2. The molecule has 0 heterocycles. The van der Waals surface area contributed by atoms with Crippen molar-refractivity contribution >= 4 is 11.9 Å². The standard InChI is InChI=1S/C9H17NO4.C2H6O2/c1-2-3-6(10)4-5-7(8(11)12)9(13)14;3-1-2-4/h6-7H,2-5,10H2,1H3,(H,11,12)(H,13,14);3-4H,1-2H2. The SMILES string of the molecule is CCCC(N)CCC(C(=O)O)C(=O)O.OCCO. The molecule has 0 amide bonds. The second-order valence-corrected chi connectivity index (χ2v) is 3.80. The van der Waals surface area contributed by atoms with Gasteiger partial charge in [-0.15, -0.1) is 0 Å². The molecule has 0 saturated heterocycles. The van der Waals surface area contributed by atoms with Gasteiger partial charge in [-0.05, 0) is 19.3 Å². The molecule has 0 bridgehead atoms. The molecule has 0 aromatic heterocycles. The van der Waals surface area contributed by atoms with Gasteiger partial charge in [0.15, 0.2) is 5.92 Å². The Labute approximate surface area is 106 Å². The molecule has 0 saturated carbocycles. The van der Waals surface area contributed by atoms with Crippen LogP contribution in [0.4, 0.5) is 0 Å². The van der Waals surface area contributed by atoms with Crippen molar-refractivity contribution in [3.8, 4) is 0 Å². The van der Waals surface area contributed by atoms with E-state index < -0.39 is 17.9 Å². The fourth-order valence-electron chi connectivity index (χ4n) is 1.25. The molecule has 0 rings (SSSR count). The van der Waals surface area contributed by atoms with Crippen molar-refractivity contribution in [3.63, 3.8) is 0 Å². The monoisotopic (exact) mass is 265 g/mol. The summed E-state index contributed by atoms with van der Waals surface area (Å²) < 4.78 is 0. The highest BCUT2D eigenvalue weighted by molar-refractivity contribution is 5.92. The number of carboxylic acid groups (broad SMARTS) is 2. The molecular formula is C11H23NO6. The second-order valence-electron chi connectivity index (χ2n) is 3.80. The summed E-state index contributed by atoms with van der Waals surface area (Å²) in [5, 5.41) is 32.4. The van der Waals surface area contributed by atoms with Crippen LogP contribution in [0.25, 0.3) is 0 Å². The Morgan fingerprint density at radius 2 is 1.44 bits per heavy atom. The second kappa shape index (κ2) is 12.3. The Morgan fingerprint density at radius 3 is 1.72 bits per heavy atom. The van der Waals surface area contributed by atoms with Crippen LogP contribution in [-0.2, 0) is 9.59 Å². The van der Waals surface area contributed by atoms with Crippen molar-refractivity contribution in [2.75, 3.05) is 13.2 Å². The fourth-order valence-corrected chi connectivity index (χ4v) is 1.25. The van der Waals surface area contributed by atoms with E-state index in [1.807, 2.05) is 6.92 Å². The van der Waals surface area contributed by atoms with Gasteiger partial charge in [-0.25, -0.2) is 0 Å². The van der Waals surface area contributed by atoms with Crippen LogP contribution < -0.4 is 5.73 Å². The van der Waals surface area contributed by atoms with E-state index in [2.05, 4.69) is 0 Å². The summed E-state index contributed by atoms with van der Waals surface area (Å²) in [5.41, 5.74) is 5.65. The van der Waals surface area contributed by atoms with E-state index in [4.69, 9.17) is 26.2 Å². The number of carboxylic acids is 2. The largest absolute Gasteiger partial charge is 0.481 e. The van der Waals surface area contributed by atoms with Gasteiger partial charge in [0.2, 0.25) is 0 Å². The zero-order valence-corrected chi connectivity index (χ0v) is 10.6. The van der Waals surface area contributed by atoms with Crippen molar-refractivity contribution in [1.29, 1.82) is 0 Å². The predicted octanol–water partition coefficient (Wildman–Crippen LogP) is -0.350. The van der Waals surface area contributed by atoms with Gasteiger partial charge >= 0.3 is 11.9 Å². The highest BCUT2D eigenvalue weighted by atomic mass is 16.4. The van der Waals surface area contributed by atoms with E-state index in [0.717, 1.165) is 12.8 Å². The Bertz CT molecular complexity index is 218. The quantitative estimate of drug-likeness (QED) is 0.378. The molecule has 0 aromatic carbocycles. The van der Waals surface area contributed by atoms with Gasteiger partial charge in [0.05, 0.1) is 13.2 Å². The van der Waals surface area contributed by atoms with Gasteiger partial charge in [-0.3, -0.25) is 9.59 Å². The normalized spacial score (nSPS) is 11.6. The molecule has 6 N–H and O–H groups in total. The minimum Gasteiger partial charge on any atom is -0.481 e. The third-order valence-electron chi connectivity index (χ3n) is 2.18. The van der Waals surface area contributed by atoms with E-state index >= 15 is 0 Å². The Morgan fingerprint density at radius 1 is 1.00 bits per heavy atom. The Kier molecular flexibility index (Phi) is 13.1. The van der Waals surface area contributed by atoms with Crippen LogP contribution in [0.1, 0.15) is 32.6 Å². The molecule has 7 nitrogen and oxygen atoms in total. The number of carbonyl (C=O) groups is 2. The van der Waals surface area contributed by atoms with Crippen molar-refractivity contribution in [2.24, 2.45) is 11.7 Å². The minimum atomic E-state index is -1.32. The summed E-state index contributed by atoms with van der Waals surface area (Å²) in [6.07, 6.45) is 2.26. The first-order valence-electron chi connectivity index (χ1n) is 5.83. The van der Waals surface area contributed by atoms with Gasteiger partial charge in [0, 0.05) is 6.04 Å². The molecule has 1 atom stereocenters. The molecule has 7 heteroatoms. The van der Waals surface area contributed by atoms with Crippen LogP contribution in [-0.4, -0.2) is 51.6 Å². The van der Waals surface area contributed by atoms with Gasteiger partial charge in [-0.1, -0.05) is 13.3 Å². The highest BCUT2D eigenvalue weighted by Crippen LogP contribution is 2.11. The predicted molar refractivity (Wildman–Crippen MR) is 65.1 cm³/mol. The number of aliphatic carboxylic acids is 2. The lowest BCUT2D eigenvalue weighted by Crippen LogP contribution is -2.27. The molecule has 18 heavy (non-hydrogen) atoms. The van der Waals surface area contributed by atoms with Crippen LogP contribution in [0, 0.1) is 5.92 Å². The van der Waals surface area contributed by atoms with Crippen LogP contribution >= 0.6 is 0 Å². The summed E-state index contributed by atoms with van der Waals surface area (Å²) in [4.78, 5) is 21.0. The maximum absolute atomic E-state index is 10.5. The Balaban J connectivity index is 0. The maximum atomic E-state index is 10.5. The first-order valence-corrected chi connectivity index (χ1v) is 5.83. The molecule has 0 aliphatic rings. The van der Waals surface area contributed by atoms with Crippen LogP contribution in [0.2, 0.25) is 0 Å². The molecule has 1 unspecified atom stereocenters. The van der Waals surface area contributed by atoms with Gasteiger partial charge in [0.25, 0.3) is 0 Å². The van der Waals surface area contributed by atoms with E-state index in [9.17, 15) is 9.59 Å². The third-order valence-corrected chi connectivity index (χ3v) is 2.18. The molecule has 108 valence electrons. The van der Waals surface area contributed by atoms with Crippen LogP contribution in [0.15, 0.2) is 0 Å². The zero-order valence-electron chi connectivity index (χ0n) is 10.6. The first kappa shape index (κ1) is 19.2. The van der Waals surface area contributed by atoms with Gasteiger partial charge in [-0.2, -0.15) is 0 Å². The molecule has 0 aliphatic carbocycles. The smallest absolute Gasteiger partial charge is 0.317 e. The first-order chi connectivity index (χ1) is 8.40. The number of rotatable bonds is 8. The summed E-state index contributed by atoms with van der Waals surface area (Å²) in [5.74, 6) is -3.90. The van der Waals surface area contributed by atoms with Crippen molar-refractivity contribution in [3.05, 3.63) is 0 Å². The lowest BCUT2D eigenvalue weighted by molar-refractivity contribution is -0.154. The van der Waals surface area contributed by atoms with Gasteiger partial charge in [0.1, 0.15) is 0 Å². The van der Waals surface area contributed by atoms with E-state index in [1.165, 1.54) is 0 Å². The Hall–Kier alpha value is -1.18. The number of hydrogen-bond donors (Lipinski definition) is 5. The minimum absolute atomic E-state index is 0.0961. The summed E-state index contributed by atoms with van der Waals surface area (Å²) in [6, 6.07) is -0.0961. The molecule has 0 aliphatic heterocycles. The lowest BCUT2D eigenvalue weighted by atomic mass is 9.98. The number of hydrogen-bond acceptors (Lipinski definition) is 5. The third kappa shape index (κ3) is 11.3. The van der Waals surface area contributed by atoms with E-state index in [0.29, 0.717) is 6.42 Å². The molecule has 0 aromatic rings. The molecule has 0 fully saturated rings. The van der Waals surface area contributed by atoms with E-state index in [1.54, 1.807) is 0 Å². The van der Waals surface area contributed by atoms with Crippen molar-refractivity contribution < 1.29 is 30.0 Å². The zero-order chi connectivity index (χ0) is 14.6. The lowest BCUT2D eigenvalue weighted by Gasteiger charge is -2.12. The average molecular weight is 265 g/mol. The van der Waals surface area contributed by atoms with Crippen molar-refractivity contribution in [1.82, 2.24) is 0 Å². The molecular weight excluding hydrogens is 242 g/mol. The van der Waals surface area contributed by atoms with E-state index in [-0.39, 0.29) is 25.7 Å². The molecule has 0 radical (unpaired) electrons. The van der Waals surface area contributed by atoms with Crippen molar-refractivity contribution in [2.45, 2.75) is 38.6 Å². The average Bonchev–Trinajstić information content (AvgIpc) is 2.29. The maximum Gasteiger partial charge on any atom is 0.317 e. The highest BCUT2D eigenvalue weighted by Gasteiger charge is 2.25. The fraction of sp³-hybridized carbons (Fsp3) is 0.818. The number of nitrogens with two attached hydrogens (primary N) is 1. The number of aliphatic hydroxyl groups excluding tert-OH is 2. The topological polar surface area (TPSA) is 141 Å². The van der Waals surface area contributed by atoms with Crippen LogP contribution in [0.5, 0.6) is 0 Å². The van der Waals surface area contributed by atoms with Crippen LogP contribution in [0.3, 0.4) is 0 Å². The molecule has 0 spiro atoms. The summed E-state index contributed by atoms with van der Waals surface area (Å²) >= 11 is 0. The summed E-state index contributed by atoms with van der Waals surface area (Å²) in [6.45, 7) is 1.73. The summed E-state index contributed by atoms with van der Waals surface area (Å²) in [7, 11) is 0.